The molecule has 0 aromatic heterocycles. The number of benzene rings is 2. The minimum Gasteiger partial charge on any atom is -0.488 e. The van der Waals surface area contributed by atoms with E-state index in [0.29, 0.717) is 18.7 Å². The van der Waals surface area contributed by atoms with Gasteiger partial charge >= 0.3 is 0 Å². The number of halogens is 1. The zero-order valence-corrected chi connectivity index (χ0v) is 20.0. The predicted octanol–water partition coefficient (Wildman–Crippen LogP) is 6.04. The van der Waals surface area contributed by atoms with Crippen LogP contribution in [0.25, 0.3) is 0 Å². The molecule has 0 bridgehead atoms. The molecular weight excluding hydrogens is 405 g/mol. The highest BCUT2D eigenvalue weighted by Crippen LogP contribution is 2.45. The smallest absolute Gasteiger partial charge is 0.251 e. The molecule has 2 aromatic rings. The lowest BCUT2D eigenvalue weighted by Crippen LogP contribution is -2.47. The normalized spacial score (nSPS) is 23.6. The van der Waals surface area contributed by atoms with Gasteiger partial charge in [-0.3, -0.25) is 4.79 Å². The van der Waals surface area contributed by atoms with E-state index in [1.807, 2.05) is 45.0 Å². The average Bonchev–Trinajstić information content (AvgIpc) is 2.73. The summed E-state index contributed by atoms with van der Waals surface area (Å²) in [6.45, 7) is 11.4. The number of hydrogen-bond donors (Lipinski definition) is 1. The summed E-state index contributed by atoms with van der Waals surface area (Å²) < 4.78 is 25.5. The molecule has 5 heteroatoms. The molecule has 1 N–H and O–H groups in total. The van der Waals surface area contributed by atoms with Crippen LogP contribution in [-0.2, 0) is 10.2 Å². The van der Waals surface area contributed by atoms with Crippen molar-refractivity contribution < 1.29 is 18.7 Å². The Bertz CT molecular complexity index is 904. The molecule has 0 radical (unpaired) electrons. The van der Waals surface area contributed by atoms with E-state index in [1.54, 1.807) is 12.1 Å². The lowest BCUT2D eigenvalue weighted by Gasteiger charge is -2.47. The number of rotatable bonds is 7. The Morgan fingerprint density at radius 1 is 1.12 bits per heavy atom. The summed E-state index contributed by atoms with van der Waals surface area (Å²) in [6.07, 6.45) is 3.37. The van der Waals surface area contributed by atoms with Gasteiger partial charge in [-0.1, -0.05) is 19.1 Å². The minimum absolute atomic E-state index is 0.105. The number of hydrogen-bond acceptors (Lipinski definition) is 3. The molecule has 0 aliphatic carbocycles. The first kappa shape index (κ1) is 24.2. The molecule has 3 rings (SSSR count). The Balaban J connectivity index is 1.69. The van der Waals surface area contributed by atoms with E-state index in [2.05, 4.69) is 19.2 Å². The summed E-state index contributed by atoms with van der Waals surface area (Å²) in [4.78, 5) is 12.7. The third kappa shape index (κ3) is 6.10. The summed E-state index contributed by atoms with van der Waals surface area (Å²) in [5.41, 5.74) is 1.05. The van der Waals surface area contributed by atoms with Gasteiger partial charge < -0.3 is 14.8 Å². The number of carbonyl (C=O) groups excluding carboxylic acids is 1. The molecule has 2 atom stereocenters. The standard InChI is InChI=1S/C27H36FNO3/c1-6-26(5)19-27(16-18-31-26,21-9-11-22(28)12-10-21)15-17-29-24(30)20-7-13-23(14-8-20)32-25(2,3)4/h7-14H,6,15-19H2,1-5H3,(H,29,30)/t26-,27-/m1/s1. The Morgan fingerprint density at radius 2 is 1.78 bits per heavy atom. The molecule has 0 saturated carbocycles. The molecule has 1 aliphatic heterocycles. The first-order valence-corrected chi connectivity index (χ1v) is 11.5. The first-order valence-electron chi connectivity index (χ1n) is 11.5. The van der Waals surface area contributed by atoms with Gasteiger partial charge in [0.1, 0.15) is 17.2 Å². The summed E-state index contributed by atoms with van der Waals surface area (Å²) in [5.74, 6) is 0.402. The van der Waals surface area contributed by atoms with Crippen molar-refractivity contribution in [3.63, 3.8) is 0 Å². The fraction of sp³-hybridized carbons (Fsp3) is 0.519. The second kappa shape index (κ2) is 9.62. The largest absolute Gasteiger partial charge is 0.488 e. The quantitative estimate of drug-likeness (QED) is 0.570. The number of amides is 1. The van der Waals surface area contributed by atoms with Crippen molar-refractivity contribution in [1.29, 1.82) is 0 Å². The lowest BCUT2D eigenvalue weighted by atomic mass is 9.66. The van der Waals surface area contributed by atoms with E-state index >= 15 is 0 Å². The third-order valence-electron chi connectivity index (χ3n) is 6.38. The zero-order chi connectivity index (χ0) is 23.4. The van der Waals surface area contributed by atoms with Crippen LogP contribution < -0.4 is 10.1 Å². The maximum absolute atomic E-state index is 13.6. The van der Waals surface area contributed by atoms with E-state index in [1.165, 1.54) is 12.1 Å². The van der Waals surface area contributed by atoms with Crippen molar-refractivity contribution in [3.8, 4) is 5.75 Å². The van der Waals surface area contributed by atoms with E-state index < -0.39 is 0 Å². The Labute approximate surface area is 191 Å². The van der Waals surface area contributed by atoms with Crippen LogP contribution in [0.2, 0.25) is 0 Å². The summed E-state index contributed by atoms with van der Waals surface area (Å²) >= 11 is 0. The summed E-state index contributed by atoms with van der Waals surface area (Å²) in [7, 11) is 0. The average molecular weight is 442 g/mol. The maximum atomic E-state index is 13.6. The highest BCUT2D eigenvalue weighted by atomic mass is 19.1. The first-order chi connectivity index (χ1) is 15.0. The fourth-order valence-electron chi connectivity index (χ4n) is 4.53. The van der Waals surface area contributed by atoms with Gasteiger partial charge in [0.2, 0.25) is 0 Å². The van der Waals surface area contributed by atoms with Crippen LogP contribution in [0.3, 0.4) is 0 Å². The van der Waals surface area contributed by atoms with Crippen LogP contribution in [0.1, 0.15) is 76.2 Å². The highest BCUT2D eigenvalue weighted by Gasteiger charge is 2.43. The molecule has 1 amide bonds. The van der Waals surface area contributed by atoms with Gasteiger partial charge in [-0.05, 0) is 95.3 Å². The van der Waals surface area contributed by atoms with Gasteiger partial charge in [-0.25, -0.2) is 4.39 Å². The second-order valence-corrected chi connectivity index (χ2v) is 10.1. The monoisotopic (exact) mass is 441 g/mol. The summed E-state index contributed by atoms with van der Waals surface area (Å²) in [6, 6.07) is 14.0. The maximum Gasteiger partial charge on any atom is 0.251 e. The summed E-state index contributed by atoms with van der Waals surface area (Å²) in [5, 5.41) is 3.07. The second-order valence-electron chi connectivity index (χ2n) is 10.1. The van der Waals surface area contributed by atoms with Crippen LogP contribution in [0, 0.1) is 5.82 Å². The van der Waals surface area contributed by atoms with Gasteiger partial charge in [0, 0.05) is 24.1 Å². The number of nitrogens with one attached hydrogen (secondary N) is 1. The van der Waals surface area contributed by atoms with Crippen molar-refractivity contribution in [2.75, 3.05) is 13.2 Å². The Hall–Kier alpha value is -2.40. The molecule has 2 aromatic carbocycles. The van der Waals surface area contributed by atoms with Crippen LogP contribution in [0.5, 0.6) is 5.75 Å². The van der Waals surface area contributed by atoms with E-state index in [-0.39, 0.29) is 28.3 Å². The van der Waals surface area contributed by atoms with Crippen LogP contribution in [0.15, 0.2) is 48.5 Å². The van der Waals surface area contributed by atoms with Crippen molar-refractivity contribution >= 4 is 5.91 Å². The molecule has 174 valence electrons. The predicted molar refractivity (Wildman–Crippen MR) is 126 cm³/mol. The molecular formula is C27H36FNO3. The lowest BCUT2D eigenvalue weighted by molar-refractivity contribution is -0.0978. The molecule has 1 fully saturated rings. The van der Waals surface area contributed by atoms with Gasteiger partial charge in [0.15, 0.2) is 0 Å². The number of ether oxygens (including phenoxy) is 2. The fourth-order valence-corrected chi connectivity index (χ4v) is 4.53. The van der Waals surface area contributed by atoms with E-state index in [0.717, 1.165) is 37.0 Å². The topological polar surface area (TPSA) is 47.6 Å². The van der Waals surface area contributed by atoms with E-state index in [4.69, 9.17) is 9.47 Å². The zero-order valence-electron chi connectivity index (χ0n) is 20.0. The minimum atomic E-state index is -0.283. The van der Waals surface area contributed by atoms with Crippen LogP contribution >= 0.6 is 0 Å². The molecule has 0 unspecified atom stereocenters. The molecule has 1 aliphatic rings. The SMILES string of the molecule is CC[C@]1(C)C[C@](CCNC(=O)c2ccc(OC(C)(C)C)cc2)(c2ccc(F)cc2)CCO1. The van der Waals surface area contributed by atoms with Crippen LogP contribution in [-0.4, -0.2) is 30.3 Å². The van der Waals surface area contributed by atoms with Crippen molar-refractivity contribution in [1.82, 2.24) is 5.32 Å². The number of carbonyl (C=O) groups is 1. The Kier molecular flexibility index (Phi) is 7.29. The van der Waals surface area contributed by atoms with Crippen molar-refractivity contribution in [2.45, 2.75) is 76.9 Å². The molecule has 1 saturated heterocycles. The van der Waals surface area contributed by atoms with Crippen molar-refractivity contribution in [2.24, 2.45) is 0 Å². The van der Waals surface area contributed by atoms with Gasteiger partial charge in [0.25, 0.3) is 5.91 Å². The molecule has 0 spiro atoms. The molecule has 1 heterocycles. The third-order valence-corrected chi connectivity index (χ3v) is 6.38. The van der Waals surface area contributed by atoms with Gasteiger partial charge in [0.05, 0.1) is 5.60 Å². The molecule has 32 heavy (non-hydrogen) atoms. The van der Waals surface area contributed by atoms with E-state index in [9.17, 15) is 9.18 Å². The van der Waals surface area contributed by atoms with Crippen molar-refractivity contribution in [3.05, 3.63) is 65.5 Å². The van der Waals surface area contributed by atoms with Gasteiger partial charge in [-0.2, -0.15) is 0 Å². The molecule has 4 nitrogen and oxygen atoms in total. The highest BCUT2D eigenvalue weighted by molar-refractivity contribution is 5.94. The van der Waals surface area contributed by atoms with Gasteiger partial charge in [-0.15, -0.1) is 0 Å². The van der Waals surface area contributed by atoms with Crippen LogP contribution in [0.4, 0.5) is 4.39 Å². The Morgan fingerprint density at radius 3 is 2.38 bits per heavy atom.